The summed E-state index contributed by atoms with van der Waals surface area (Å²) in [5.41, 5.74) is 0. The van der Waals surface area contributed by atoms with Crippen LogP contribution in [0.5, 0.6) is 0 Å². The number of unbranched alkanes of at least 4 members (excludes halogenated alkanes) is 1. The zero-order chi connectivity index (χ0) is 13.8. The van der Waals surface area contributed by atoms with Crippen LogP contribution in [0.3, 0.4) is 0 Å². The van der Waals surface area contributed by atoms with E-state index in [0.717, 1.165) is 31.8 Å². The van der Waals surface area contributed by atoms with E-state index in [1.165, 1.54) is 0 Å². The minimum absolute atomic E-state index is 0.296. The second-order valence-electron chi connectivity index (χ2n) is 4.42. The Hall–Kier alpha value is -0.880. The molecular weight excluding hydrogens is 246 g/mol. The third-order valence-electron chi connectivity index (χ3n) is 2.58. The van der Waals surface area contributed by atoms with Gasteiger partial charge in [0.15, 0.2) is 0 Å². The second kappa shape index (κ2) is 11.0. The largest absolute Gasteiger partial charge is 0.467 e. The lowest BCUT2D eigenvalue weighted by Gasteiger charge is -2.12. The van der Waals surface area contributed by atoms with Crippen molar-refractivity contribution in [3.63, 3.8) is 0 Å². The van der Waals surface area contributed by atoms with Crippen LogP contribution < -0.4 is 5.32 Å². The fraction of sp³-hybridized carbons (Fsp3) is 0.714. The van der Waals surface area contributed by atoms with E-state index >= 15 is 0 Å². The molecule has 0 amide bonds. The van der Waals surface area contributed by atoms with Gasteiger partial charge in [0.2, 0.25) is 0 Å². The molecule has 5 nitrogen and oxygen atoms in total. The van der Waals surface area contributed by atoms with Gasteiger partial charge in [0.05, 0.1) is 25.6 Å². The molecule has 0 aliphatic carbocycles. The highest BCUT2D eigenvalue weighted by Gasteiger charge is 2.04. The molecular formula is C14H25NO4. The van der Waals surface area contributed by atoms with E-state index in [0.29, 0.717) is 26.4 Å². The highest BCUT2D eigenvalue weighted by molar-refractivity contribution is 4.96. The van der Waals surface area contributed by atoms with Crippen molar-refractivity contribution in [2.75, 3.05) is 32.9 Å². The minimum Gasteiger partial charge on any atom is -0.467 e. The third kappa shape index (κ3) is 8.77. The van der Waals surface area contributed by atoms with Crippen LogP contribution in [0.4, 0.5) is 0 Å². The van der Waals surface area contributed by atoms with Crippen molar-refractivity contribution in [3.8, 4) is 0 Å². The summed E-state index contributed by atoms with van der Waals surface area (Å²) < 4.78 is 15.9. The number of hydrogen-bond acceptors (Lipinski definition) is 5. The lowest BCUT2D eigenvalue weighted by molar-refractivity contribution is 0.0217. The first-order chi connectivity index (χ1) is 9.33. The molecule has 0 fully saturated rings. The Morgan fingerprint density at radius 3 is 3.00 bits per heavy atom. The topological polar surface area (TPSA) is 63.9 Å². The summed E-state index contributed by atoms with van der Waals surface area (Å²) in [4.78, 5) is 0. The summed E-state index contributed by atoms with van der Waals surface area (Å²) in [5.74, 6) is 0.768. The minimum atomic E-state index is -0.509. The maximum absolute atomic E-state index is 9.66. The Bertz CT molecular complexity index is 290. The van der Waals surface area contributed by atoms with Gasteiger partial charge in [-0.2, -0.15) is 0 Å². The van der Waals surface area contributed by atoms with E-state index in [-0.39, 0.29) is 0 Å². The number of nitrogens with one attached hydrogen (secondary N) is 1. The SMILES string of the molecule is CCCCOCCNCC(O)COCc1ccco1. The van der Waals surface area contributed by atoms with Gasteiger partial charge in [-0.15, -0.1) is 0 Å². The van der Waals surface area contributed by atoms with Crippen LogP contribution in [0.1, 0.15) is 25.5 Å². The van der Waals surface area contributed by atoms with Crippen molar-refractivity contribution in [1.82, 2.24) is 5.32 Å². The van der Waals surface area contributed by atoms with Crippen molar-refractivity contribution in [1.29, 1.82) is 0 Å². The molecule has 5 heteroatoms. The van der Waals surface area contributed by atoms with Gasteiger partial charge < -0.3 is 24.3 Å². The van der Waals surface area contributed by atoms with Gasteiger partial charge in [-0.1, -0.05) is 13.3 Å². The molecule has 1 aromatic rings. The first-order valence-corrected chi connectivity index (χ1v) is 6.89. The first kappa shape index (κ1) is 16.2. The molecule has 0 bridgehead atoms. The van der Waals surface area contributed by atoms with E-state index in [9.17, 15) is 5.11 Å². The van der Waals surface area contributed by atoms with Crippen LogP contribution in [0.15, 0.2) is 22.8 Å². The predicted octanol–water partition coefficient (Wildman–Crippen LogP) is 1.56. The Morgan fingerprint density at radius 2 is 2.26 bits per heavy atom. The van der Waals surface area contributed by atoms with Gasteiger partial charge >= 0.3 is 0 Å². The van der Waals surface area contributed by atoms with Gasteiger partial charge in [-0.05, 0) is 18.6 Å². The molecule has 0 saturated heterocycles. The number of ether oxygens (including phenoxy) is 2. The first-order valence-electron chi connectivity index (χ1n) is 6.89. The van der Waals surface area contributed by atoms with E-state index in [1.807, 2.05) is 12.1 Å². The van der Waals surface area contributed by atoms with E-state index in [2.05, 4.69) is 12.2 Å². The molecule has 19 heavy (non-hydrogen) atoms. The molecule has 1 rings (SSSR count). The van der Waals surface area contributed by atoms with E-state index in [1.54, 1.807) is 6.26 Å². The fourth-order valence-corrected chi connectivity index (χ4v) is 1.51. The number of aliphatic hydroxyl groups excluding tert-OH is 1. The highest BCUT2D eigenvalue weighted by Crippen LogP contribution is 2.01. The monoisotopic (exact) mass is 271 g/mol. The van der Waals surface area contributed by atoms with Crippen molar-refractivity contribution >= 4 is 0 Å². The van der Waals surface area contributed by atoms with Crippen molar-refractivity contribution < 1.29 is 19.0 Å². The normalized spacial score (nSPS) is 12.7. The summed E-state index contributed by atoms with van der Waals surface area (Å²) in [6.45, 7) is 5.58. The molecule has 110 valence electrons. The molecule has 0 aliphatic rings. The quantitative estimate of drug-likeness (QED) is 0.565. The van der Waals surface area contributed by atoms with Gasteiger partial charge in [0.1, 0.15) is 12.4 Å². The highest BCUT2D eigenvalue weighted by atomic mass is 16.5. The zero-order valence-electron chi connectivity index (χ0n) is 11.6. The fourth-order valence-electron chi connectivity index (χ4n) is 1.51. The summed E-state index contributed by atoms with van der Waals surface area (Å²) in [6.07, 6.45) is 3.35. The molecule has 0 saturated carbocycles. The molecule has 0 spiro atoms. The number of furan rings is 1. The summed E-state index contributed by atoms with van der Waals surface area (Å²) in [5, 5.41) is 12.8. The van der Waals surface area contributed by atoms with Gasteiger partial charge in [-0.25, -0.2) is 0 Å². The molecule has 0 aromatic carbocycles. The third-order valence-corrected chi connectivity index (χ3v) is 2.58. The molecule has 2 N–H and O–H groups in total. The van der Waals surface area contributed by atoms with Crippen LogP contribution in [0, 0.1) is 0 Å². The molecule has 1 atom stereocenters. The lowest BCUT2D eigenvalue weighted by Crippen LogP contribution is -2.32. The lowest BCUT2D eigenvalue weighted by atomic mass is 10.3. The van der Waals surface area contributed by atoms with Crippen molar-refractivity contribution in [2.24, 2.45) is 0 Å². The van der Waals surface area contributed by atoms with E-state index in [4.69, 9.17) is 13.9 Å². The maximum Gasteiger partial charge on any atom is 0.129 e. The number of rotatable bonds is 12. The molecule has 0 aliphatic heterocycles. The molecule has 1 unspecified atom stereocenters. The molecule has 1 heterocycles. The van der Waals surface area contributed by atoms with Crippen LogP contribution >= 0.6 is 0 Å². The van der Waals surface area contributed by atoms with Crippen LogP contribution in [0.2, 0.25) is 0 Å². The maximum atomic E-state index is 9.66. The van der Waals surface area contributed by atoms with Crippen molar-refractivity contribution in [3.05, 3.63) is 24.2 Å². The average molecular weight is 271 g/mol. The van der Waals surface area contributed by atoms with Crippen LogP contribution in [-0.2, 0) is 16.1 Å². The van der Waals surface area contributed by atoms with Crippen LogP contribution in [-0.4, -0.2) is 44.1 Å². The number of aliphatic hydroxyl groups is 1. The van der Waals surface area contributed by atoms with Crippen molar-refractivity contribution in [2.45, 2.75) is 32.5 Å². The molecule has 0 radical (unpaired) electrons. The Balaban J connectivity index is 1.86. The molecule has 1 aromatic heterocycles. The summed E-state index contributed by atoms with van der Waals surface area (Å²) >= 11 is 0. The summed E-state index contributed by atoms with van der Waals surface area (Å²) in [6, 6.07) is 3.66. The van der Waals surface area contributed by atoms with Gasteiger partial charge in [0, 0.05) is 19.7 Å². The standard InChI is InChI=1S/C14H25NO4/c1-2-3-7-17-9-6-15-10-13(16)11-18-12-14-5-4-8-19-14/h4-5,8,13,15-16H,2-3,6-7,9-12H2,1H3. The second-order valence-corrected chi connectivity index (χ2v) is 4.42. The predicted molar refractivity (Wildman–Crippen MR) is 73.0 cm³/mol. The summed E-state index contributed by atoms with van der Waals surface area (Å²) in [7, 11) is 0. The van der Waals surface area contributed by atoms with Gasteiger partial charge in [-0.3, -0.25) is 0 Å². The Labute approximate surface area is 114 Å². The Morgan fingerprint density at radius 1 is 1.37 bits per heavy atom. The van der Waals surface area contributed by atoms with E-state index < -0.39 is 6.10 Å². The average Bonchev–Trinajstić information content (AvgIpc) is 2.91. The Kier molecular flexibility index (Phi) is 9.36. The van der Waals surface area contributed by atoms with Gasteiger partial charge in [0.25, 0.3) is 0 Å². The van der Waals surface area contributed by atoms with Crippen LogP contribution in [0.25, 0.3) is 0 Å². The smallest absolute Gasteiger partial charge is 0.129 e. The number of hydrogen-bond donors (Lipinski definition) is 2. The zero-order valence-corrected chi connectivity index (χ0v) is 11.6.